The van der Waals surface area contributed by atoms with Gasteiger partial charge in [-0.1, -0.05) is 12.1 Å². The molecule has 2 aromatic heterocycles. The topological polar surface area (TPSA) is 74.6 Å². The van der Waals surface area contributed by atoms with E-state index in [2.05, 4.69) is 31.0 Å². The summed E-state index contributed by atoms with van der Waals surface area (Å²) in [5, 5.41) is 8.63. The van der Waals surface area contributed by atoms with Crippen LogP contribution in [0.2, 0.25) is 0 Å². The molecule has 0 amide bonds. The van der Waals surface area contributed by atoms with Crippen LogP contribution in [0.25, 0.3) is 0 Å². The number of nitrogens with one attached hydrogen (secondary N) is 2. The molecular weight excluding hydrogens is 228 g/mol. The molecule has 0 unspecified atom stereocenters. The van der Waals surface area contributed by atoms with Crippen LogP contribution >= 0.6 is 0 Å². The second-order valence-corrected chi connectivity index (χ2v) is 4.25. The molecule has 1 aliphatic carbocycles. The molecule has 1 spiro atoms. The van der Waals surface area contributed by atoms with E-state index in [0.29, 0.717) is 0 Å². The van der Waals surface area contributed by atoms with E-state index in [9.17, 15) is 0 Å². The molecule has 1 aliphatic heterocycles. The molecule has 2 aliphatic rings. The zero-order valence-electron chi connectivity index (χ0n) is 9.41. The first-order valence-electron chi connectivity index (χ1n) is 5.72. The number of hydrogen-bond acceptors (Lipinski definition) is 6. The minimum atomic E-state index is -0.547. The van der Waals surface area contributed by atoms with Gasteiger partial charge in [0.2, 0.25) is 5.66 Å². The summed E-state index contributed by atoms with van der Waals surface area (Å²) in [5.41, 5.74) is 8.58. The summed E-state index contributed by atoms with van der Waals surface area (Å²) < 4.78 is 0. The van der Waals surface area contributed by atoms with Crippen LogP contribution in [-0.4, -0.2) is 9.97 Å². The summed E-state index contributed by atoms with van der Waals surface area (Å²) >= 11 is 0. The average molecular weight is 238 g/mol. The SMILES string of the molecule is c1ccc([C@@H]2N=N[C@@]3(NN2)c2cccnc23)nc1. The van der Waals surface area contributed by atoms with Crippen molar-refractivity contribution in [3.05, 3.63) is 59.7 Å². The summed E-state index contributed by atoms with van der Waals surface area (Å²) in [7, 11) is 0. The van der Waals surface area contributed by atoms with Crippen molar-refractivity contribution in [1.29, 1.82) is 0 Å². The largest absolute Gasteiger partial charge is 0.257 e. The maximum atomic E-state index is 4.35. The molecule has 0 radical (unpaired) electrons. The first-order chi connectivity index (χ1) is 8.90. The van der Waals surface area contributed by atoms with Gasteiger partial charge in [-0.2, -0.15) is 10.2 Å². The van der Waals surface area contributed by atoms with E-state index in [1.807, 2.05) is 30.3 Å². The Morgan fingerprint density at radius 2 is 2.00 bits per heavy atom. The van der Waals surface area contributed by atoms with Gasteiger partial charge in [-0.15, -0.1) is 0 Å². The van der Waals surface area contributed by atoms with Crippen LogP contribution in [0.3, 0.4) is 0 Å². The lowest BCUT2D eigenvalue weighted by atomic mass is 10.3. The maximum absolute atomic E-state index is 4.35. The predicted octanol–water partition coefficient (Wildman–Crippen LogP) is 1.25. The number of azo groups is 1. The lowest BCUT2D eigenvalue weighted by Crippen LogP contribution is -2.45. The Labute approximate surface area is 103 Å². The number of nitrogens with zero attached hydrogens (tertiary/aromatic N) is 4. The molecule has 4 rings (SSSR count). The molecule has 2 N–H and O–H groups in total. The number of hydrazine groups is 1. The van der Waals surface area contributed by atoms with E-state index in [4.69, 9.17) is 0 Å². The predicted molar refractivity (Wildman–Crippen MR) is 63.1 cm³/mol. The molecule has 0 saturated heterocycles. The van der Waals surface area contributed by atoms with Crippen molar-refractivity contribution in [3.63, 3.8) is 0 Å². The highest BCUT2D eigenvalue weighted by molar-refractivity contribution is 5.53. The standard InChI is InChI=1S/C12H10N6/c1-2-6-13-9(5-1)11-15-17-12(18-16-11)8-4-3-7-14-10(8)12/h1-7,11,15,17H/t11-,12-/m0/s1. The molecule has 88 valence electrons. The van der Waals surface area contributed by atoms with Gasteiger partial charge in [-0.05, 0) is 18.2 Å². The first-order valence-corrected chi connectivity index (χ1v) is 5.72. The van der Waals surface area contributed by atoms with Crippen molar-refractivity contribution in [2.75, 3.05) is 0 Å². The minimum absolute atomic E-state index is 0.256. The van der Waals surface area contributed by atoms with Crippen LogP contribution in [0.4, 0.5) is 0 Å². The molecule has 0 bridgehead atoms. The molecule has 0 saturated carbocycles. The average Bonchev–Trinajstić information content (AvgIpc) is 3.08. The Kier molecular flexibility index (Phi) is 1.86. The zero-order valence-corrected chi connectivity index (χ0v) is 9.41. The summed E-state index contributed by atoms with van der Waals surface area (Å²) in [4.78, 5) is 8.52. The van der Waals surface area contributed by atoms with Crippen LogP contribution in [0.15, 0.2) is 53.0 Å². The fourth-order valence-corrected chi connectivity index (χ4v) is 2.17. The first kappa shape index (κ1) is 9.81. The second kappa shape index (κ2) is 3.41. The summed E-state index contributed by atoms with van der Waals surface area (Å²) in [5.74, 6) is 0. The summed E-state index contributed by atoms with van der Waals surface area (Å²) in [6.07, 6.45) is 3.24. The number of pyridine rings is 2. The summed E-state index contributed by atoms with van der Waals surface area (Å²) in [6.45, 7) is 0. The van der Waals surface area contributed by atoms with Crippen LogP contribution in [0.5, 0.6) is 0 Å². The molecule has 6 heteroatoms. The van der Waals surface area contributed by atoms with Crippen molar-refractivity contribution in [3.8, 4) is 0 Å². The van der Waals surface area contributed by atoms with Gasteiger partial charge in [0, 0.05) is 18.0 Å². The Balaban J connectivity index is 1.63. The molecule has 0 aromatic carbocycles. The van der Waals surface area contributed by atoms with Crippen molar-refractivity contribution in [2.24, 2.45) is 10.2 Å². The molecule has 18 heavy (non-hydrogen) atoms. The van der Waals surface area contributed by atoms with E-state index in [0.717, 1.165) is 17.0 Å². The van der Waals surface area contributed by atoms with Crippen LogP contribution < -0.4 is 10.9 Å². The lowest BCUT2D eigenvalue weighted by molar-refractivity contribution is 0.288. The number of aromatic nitrogens is 2. The highest BCUT2D eigenvalue weighted by Gasteiger charge is 2.55. The summed E-state index contributed by atoms with van der Waals surface area (Å²) in [6, 6.07) is 9.61. The van der Waals surface area contributed by atoms with Gasteiger partial charge in [0.1, 0.15) is 0 Å². The van der Waals surface area contributed by atoms with Crippen molar-refractivity contribution in [1.82, 2.24) is 20.8 Å². The minimum Gasteiger partial charge on any atom is -0.257 e. The van der Waals surface area contributed by atoms with Gasteiger partial charge in [0.15, 0.2) is 6.17 Å². The van der Waals surface area contributed by atoms with Gasteiger partial charge in [0.25, 0.3) is 0 Å². The van der Waals surface area contributed by atoms with Crippen LogP contribution in [-0.2, 0) is 5.66 Å². The highest BCUT2D eigenvalue weighted by Crippen LogP contribution is 2.48. The van der Waals surface area contributed by atoms with Crippen LogP contribution in [0.1, 0.15) is 23.1 Å². The third-order valence-corrected chi connectivity index (χ3v) is 3.16. The Morgan fingerprint density at radius 1 is 1.06 bits per heavy atom. The zero-order chi connectivity index (χ0) is 12.0. The van der Waals surface area contributed by atoms with Gasteiger partial charge >= 0.3 is 0 Å². The molecular formula is C12H10N6. The fourth-order valence-electron chi connectivity index (χ4n) is 2.17. The molecule has 2 aromatic rings. The van der Waals surface area contributed by atoms with E-state index in [-0.39, 0.29) is 6.17 Å². The quantitative estimate of drug-likeness (QED) is 0.784. The number of hydrogen-bond donors (Lipinski definition) is 2. The Bertz CT molecular complexity index is 600. The third kappa shape index (κ3) is 1.24. The maximum Gasteiger partial charge on any atom is 0.214 e. The monoisotopic (exact) mass is 238 g/mol. The van der Waals surface area contributed by atoms with Gasteiger partial charge in [-0.25, -0.2) is 10.9 Å². The smallest absolute Gasteiger partial charge is 0.214 e. The lowest BCUT2D eigenvalue weighted by Gasteiger charge is -2.23. The molecule has 0 fully saturated rings. The Hall–Kier alpha value is -2.18. The van der Waals surface area contributed by atoms with E-state index in [1.165, 1.54) is 0 Å². The number of rotatable bonds is 1. The molecule has 6 nitrogen and oxygen atoms in total. The Morgan fingerprint density at radius 3 is 2.67 bits per heavy atom. The fraction of sp³-hybridized carbons (Fsp3) is 0.167. The van der Waals surface area contributed by atoms with E-state index >= 15 is 0 Å². The van der Waals surface area contributed by atoms with E-state index in [1.54, 1.807) is 12.4 Å². The normalized spacial score (nSPS) is 28.1. The molecule has 3 heterocycles. The number of fused-ring (bicyclic) bond motifs is 3. The van der Waals surface area contributed by atoms with Crippen LogP contribution in [0, 0.1) is 0 Å². The van der Waals surface area contributed by atoms with Gasteiger partial charge in [-0.3, -0.25) is 9.97 Å². The second-order valence-electron chi connectivity index (χ2n) is 4.25. The highest BCUT2D eigenvalue weighted by atomic mass is 15.6. The van der Waals surface area contributed by atoms with E-state index < -0.39 is 5.66 Å². The van der Waals surface area contributed by atoms with Crippen molar-refractivity contribution in [2.45, 2.75) is 11.8 Å². The van der Waals surface area contributed by atoms with Crippen molar-refractivity contribution >= 4 is 0 Å². The molecule has 2 atom stereocenters. The van der Waals surface area contributed by atoms with Gasteiger partial charge in [0.05, 0.1) is 11.4 Å². The van der Waals surface area contributed by atoms with Crippen molar-refractivity contribution < 1.29 is 0 Å². The van der Waals surface area contributed by atoms with Gasteiger partial charge < -0.3 is 0 Å². The third-order valence-electron chi connectivity index (χ3n) is 3.16.